The molecule has 0 heterocycles. The third-order valence-electron chi connectivity index (χ3n) is 2.92. The van der Waals surface area contributed by atoms with Crippen LogP contribution in [-0.2, 0) is 11.2 Å². The van der Waals surface area contributed by atoms with Gasteiger partial charge in [-0.15, -0.1) is 0 Å². The number of nitrogens with one attached hydrogen (secondary N) is 1. The van der Waals surface area contributed by atoms with Crippen LogP contribution in [0, 0.1) is 5.89 Å². The van der Waals surface area contributed by atoms with Gasteiger partial charge < -0.3 is 20.3 Å². The van der Waals surface area contributed by atoms with E-state index in [0.717, 1.165) is 0 Å². The van der Waals surface area contributed by atoms with Gasteiger partial charge >= 0.3 is 0 Å². The molecule has 0 fully saturated rings. The Labute approximate surface area is 158 Å². The summed E-state index contributed by atoms with van der Waals surface area (Å²) in [5.74, 6) is -3.52. The Kier molecular flexibility index (Phi) is 4.18. The predicted molar refractivity (Wildman–Crippen MR) is 95.9 cm³/mol. The maximum absolute atomic E-state index is 12.2. The molecular formula is C19H31N2O3-. The van der Waals surface area contributed by atoms with Gasteiger partial charge in [0, 0.05) is 24.5 Å². The van der Waals surface area contributed by atoms with Gasteiger partial charge in [-0.2, -0.15) is 0 Å². The van der Waals surface area contributed by atoms with Gasteiger partial charge in [0.1, 0.15) is 6.08 Å². The molecule has 2 N–H and O–H groups in total. The van der Waals surface area contributed by atoms with Gasteiger partial charge in [-0.3, -0.25) is 4.99 Å². The molecule has 0 amide bonds. The molecule has 0 aromatic heterocycles. The zero-order valence-electron chi connectivity index (χ0n) is 23.2. The number of benzene rings is 1. The highest BCUT2D eigenvalue weighted by Crippen LogP contribution is 2.12. The van der Waals surface area contributed by atoms with E-state index in [2.05, 4.69) is 10.3 Å². The minimum absolute atomic E-state index is 0.0660. The van der Waals surface area contributed by atoms with E-state index in [1.807, 2.05) is 0 Å². The van der Waals surface area contributed by atoms with Crippen LogP contribution in [0.4, 0.5) is 0 Å². The van der Waals surface area contributed by atoms with Crippen molar-refractivity contribution in [2.45, 2.75) is 58.6 Å². The van der Waals surface area contributed by atoms with E-state index in [9.17, 15) is 10.2 Å². The first kappa shape index (κ1) is 10.4. The highest BCUT2D eigenvalue weighted by molar-refractivity contribution is 5.62. The van der Waals surface area contributed by atoms with Gasteiger partial charge in [0.2, 0.25) is 0 Å². The summed E-state index contributed by atoms with van der Waals surface area (Å²) in [5.41, 5.74) is -0.139. The molecule has 0 spiro atoms. The van der Waals surface area contributed by atoms with Crippen LogP contribution in [-0.4, -0.2) is 42.0 Å². The number of nitrogens with zero attached hydrogens (tertiary/aromatic N) is 1. The third kappa shape index (κ3) is 8.89. The molecule has 1 aromatic carbocycles. The van der Waals surface area contributed by atoms with Crippen LogP contribution in [0.2, 0.25) is 0 Å². The van der Waals surface area contributed by atoms with E-state index >= 15 is 0 Å². The second kappa shape index (κ2) is 9.64. The highest BCUT2D eigenvalue weighted by atomic mass is 16.6. The summed E-state index contributed by atoms with van der Waals surface area (Å²) >= 11 is 0. The number of hydrogen-bond donors (Lipinski definition) is 2. The Hall–Kier alpha value is -1.59. The van der Waals surface area contributed by atoms with Crippen LogP contribution in [0.3, 0.4) is 0 Å². The molecule has 1 rings (SSSR count). The summed E-state index contributed by atoms with van der Waals surface area (Å²) in [4.78, 5) is 3.87. The van der Waals surface area contributed by atoms with Crippen LogP contribution in [0.1, 0.15) is 52.4 Å². The average Bonchev–Trinajstić information content (AvgIpc) is 2.62. The topological polar surface area (TPSA) is 76.9 Å². The van der Waals surface area contributed by atoms with Crippen LogP contribution in [0.15, 0.2) is 35.3 Å². The lowest BCUT2D eigenvalue weighted by atomic mass is 10.0. The molecule has 0 aliphatic carbocycles. The monoisotopic (exact) mass is 344 g/mol. The summed E-state index contributed by atoms with van der Waals surface area (Å²) in [5, 5.41) is 25.0. The molecule has 2 atom stereocenters. The van der Waals surface area contributed by atoms with Gasteiger partial charge in [-0.25, -0.2) is 0 Å². The molecule has 0 saturated heterocycles. The lowest BCUT2D eigenvalue weighted by Crippen LogP contribution is -2.40. The Balaban J connectivity index is 3.17. The molecule has 5 heteroatoms. The van der Waals surface area contributed by atoms with Crippen molar-refractivity contribution in [1.29, 1.82) is 0 Å². The smallest absolute Gasteiger partial charge is 0.146 e. The first-order valence-corrected chi connectivity index (χ1v) is 7.62. The molecule has 5 nitrogen and oxygen atoms in total. The Morgan fingerprint density at radius 3 is 2.67 bits per heavy atom. The van der Waals surface area contributed by atoms with Gasteiger partial charge in [0.25, 0.3) is 0 Å². The number of ether oxygens (including phenoxy) is 1. The average molecular weight is 345 g/mol. The van der Waals surface area contributed by atoms with E-state index in [0.29, 0.717) is 5.56 Å². The van der Waals surface area contributed by atoms with Crippen molar-refractivity contribution in [2.75, 3.05) is 13.0 Å². The second-order valence-electron chi connectivity index (χ2n) is 6.31. The van der Waals surface area contributed by atoms with Gasteiger partial charge in [-0.1, -0.05) is 64.8 Å². The van der Waals surface area contributed by atoms with Crippen LogP contribution < -0.4 is 10.4 Å². The van der Waals surface area contributed by atoms with Crippen LogP contribution in [0.25, 0.3) is 0 Å². The van der Waals surface area contributed by atoms with Crippen molar-refractivity contribution < 1.29 is 27.3 Å². The van der Waals surface area contributed by atoms with Crippen molar-refractivity contribution >= 4 is 6.08 Å². The van der Waals surface area contributed by atoms with Crippen molar-refractivity contribution in [1.82, 2.24) is 5.32 Å². The van der Waals surface area contributed by atoms with E-state index in [-0.39, 0.29) is 6.42 Å². The van der Waals surface area contributed by atoms with Crippen molar-refractivity contribution in [3.63, 3.8) is 0 Å². The zero-order chi connectivity index (χ0) is 25.9. The van der Waals surface area contributed by atoms with Gasteiger partial charge in [0.05, 0.1) is 12.1 Å². The van der Waals surface area contributed by atoms with Crippen molar-refractivity contribution in [3.8, 4) is 0 Å². The van der Waals surface area contributed by atoms with Gasteiger partial charge in [0.15, 0.2) is 0 Å². The van der Waals surface area contributed by atoms with Crippen molar-refractivity contribution in [2.24, 2.45) is 10.9 Å². The normalized spacial score (nSPS) is 23.0. The van der Waals surface area contributed by atoms with Crippen LogP contribution in [0.5, 0.6) is 0 Å². The van der Waals surface area contributed by atoms with Gasteiger partial charge in [-0.05, 0) is 24.4 Å². The molecule has 24 heavy (non-hydrogen) atoms. The third-order valence-corrected chi connectivity index (χ3v) is 2.92. The second-order valence-corrected chi connectivity index (χ2v) is 6.31. The molecular weight excluding hydrogens is 304 g/mol. The van der Waals surface area contributed by atoms with E-state index < -0.39 is 56.5 Å². The quantitative estimate of drug-likeness (QED) is 0.556. The Bertz CT molecular complexity index is 776. The summed E-state index contributed by atoms with van der Waals surface area (Å²) in [6.45, 7) is -6.05. The first-order valence-electron chi connectivity index (χ1n) is 12.1. The molecule has 0 aliphatic rings. The fourth-order valence-electron chi connectivity index (χ4n) is 1.93. The summed E-state index contributed by atoms with van der Waals surface area (Å²) in [7, 11) is 0. The van der Waals surface area contributed by atoms with Crippen LogP contribution >= 0.6 is 0 Å². The number of aliphatic imine (C=N–C) groups is 1. The number of rotatable bonds is 8. The fourth-order valence-corrected chi connectivity index (χ4v) is 1.93. The molecule has 136 valence electrons. The standard InChI is InChI=1S/C19H32N2O3/c1-14(2)12-20-13-17(22)16(11-15-9-7-6-8-10-15)21-18(23)24-19(3,4)5/h6-10,14,16-17,20,22H,11-13H2,1-5H3,(H,21,23)/p-1/t16-,17+/m0/s1/i1D3,2D3,12D2,14D. The fraction of sp³-hybridized carbons (Fsp3) is 0.632. The highest BCUT2D eigenvalue weighted by Gasteiger charge is 2.19. The SMILES string of the molecule is [2H]C([2H])([2H])C([2H])(C([2H])([2H])[2H])C([2H])([2H])NC[C@@H](O)[C@H](Cc1ccccc1)N=C([O-])OC(C)(C)C. The summed E-state index contributed by atoms with van der Waals surface area (Å²) in [6.07, 6.45) is -2.42. The summed E-state index contributed by atoms with van der Waals surface area (Å²) in [6, 6.07) is 7.60. The Morgan fingerprint density at radius 2 is 2.08 bits per heavy atom. The number of aliphatic hydroxyl groups excluding tert-OH is 1. The number of aliphatic hydroxyl groups is 1. The number of hydrogen-bond acceptors (Lipinski definition) is 5. The maximum Gasteiger partial charge on any atom is 0.146 e. The van der Waals surface area contributed by atoms with E-state index in [1.165, 1.54) is 0 Å². The minimum Gasteiger partial charge on any atom is -0.595 e. The van der Waals surface area contributed by atoms with Crippen molar-refractivity contribution in [3.05, 3.63) is 35.9 Å². The minimum atomic E-state index is -3.52. The molecule has 0 unspecified atom stereocenters. The molecule has 0 aliphatic heterocycles. The Morgan fingerprint density at radius 1 is 1.42 bits per heavy atom. The molecule has 0 radical (unpaired) electrons. The predicted octanol–water partition coefficient (Wildman–Crippen LogP) is 1.74. The van der Waals surface area contributed by atoms with E-state index in [4.69, 9.17) is 17.1 Å². The first-order chi connectivity index (χ1) is 14.7. The molecule has 1 aromatic rings. The zero-order valence-corrected chi connectivity index (χ0v) is 14.2. The van der Waals surface area contributed by atoms with E-state index in [1.54, 1.807) is 51.1 Å². The maximum atomic E-state index is 12.2. The summed E-state index contributed by atoms with van der Waals surface area (Å²) < 4.78 is 74.0. The lowest BCUT2D eigenvalue weighted by molar-refractivity contribution is -0.261. The lowest BCUT2D eigenvalue weighted by Gasteiger charge is -2.31. The molecule has 0 saturated carbocycles. The largest absolute Gasteiger partial charge is 0.595 e. The molecule has 0 bridgehead atoms.